The molecule has 2 aromatic rings. The summed E-state index contributed by atoms with van der Waals surface area (Å²) in [5, 5.41) is 2.76. The molecule has 0 bridgehead atoms. The van der Waals surface area contributed by atoms with Crippen LogP contribution in [0, 0.1) is 0 Å². The molecule has 2 rings (SSSR count). The first-order chi connectivity index (χ1) is 10.3. The Morgan fingerprint density at radius 2 is 2.14 bits per heavy atom. The minimum absolute atomic E-state index is 0.208. The molecule has 1 amide bonds. The Morgan fingerprint density at radius 3 is 2.73 bits per heavy atom. The normalized spacial score (nSPS) is 11.1. The van der Waals surface area contributed by atoms with E-state index in [-0.39, 0.29) is 5.91 Å². The molecule has 1 heterocycles. The third-order valence-corrected chi connectivity index (χ3v) is 3.21. The maximum atomic E-state index is 12.0. The molecule has 5 nitrogen and oxygen atoms in total. The van der Waals surface area contributed by atoms with Crippen molar-refractivity contribution in [1.82, 2.24) is 10.3 Å². The molecule has 3 N–H and O–H groups in total. The summed E-state index contributed by atoms with van der Waals surface area (Å²) in [6.07, 6.45) is 1.48. The van der Waals surface area contributed by atoms with E-state index in [9.17, 15) is 4.79 Å². The van der Waals surface area contributed by atoms with Crippen LogP contribution in [-0.4, -0.2) is 23.0 Å². The van der Waals surface area contributed by atoms with Crippen molar-refractivity contribution in [3.63, 3.8) is 0 Å². The van der Waals surface area contributed by atoms with Gasteiger partial charge in [-0.05, 0) is 38.1 Å². The average molecular weight is 364 g/mol. The van der Waals surface area contributed by atoms with Crippen molar-refractivity contribution in [2.75, 3.05) is 6.54 Å². The van der Waals surface area contributed by atoms with Crippen molar-refractivity contribution in [2.24, 2.45) is 5.73 Å². The van der Waals surface area contributed by atoms with Crippen LogP contribution in [0.15, 0.2) is 47.1 Å². The second-order valence-electron chi connectivity index (χ2n) is 5.62. The summed E-state index contributed by atoms with van der Waals surface area (Å²) in [6.45, 7) is 4.09. The number of carbonyl (C=O) groups is 1. The van der Waals surface area contributed by atoms with Crippen LogP contribution in [0.25, 0.3) is 0 Å². The highest BCUT2D eigenvalue weighted by Gasteiger charge is 2.13. The minimum Gasteiger partial charge on any atom is -0.439 e. The molecule has 0 saturated carbocycles. The number of pyridine rings is 1. The second-order valence-corrected chi connectivity index (χ2v) is 6.53. The quantitative estimate of drug-likeness (QED) is 0.855. The van der Waals surface area contributed by atoms with Gasteiger partial charge in [0.1, 0.15) is 5.75 Å². The molecule has 22 heavy (non-hydrogen) atoms. The molecule has 6 heteroatoms. The Bertz CT molecular complexity index is 651. The summed E-state index contributed by atoms with van der Waals surface area (Å²) in [5.41, 5.74) is 5.84. The predicted molar refractivity (Wildman–Crippen MR) is 89.1 cm³/mol. The summed E-state index contributed by atoms with van der Waals surface area (Å²) < 4.78 is 6.54. The number of ether oxygens (including phenoxy) is 1. The topological polar surface area (TPSA) is 77.2 Å². The number of nitrogens with two attached hydrogens (primary N) is 1. The fraction of sp³-hybridized carbons (Fsp3) is 0.250. The molecule has 0 atom stereocenters. The number of benzene rings is 1. The number of halogens is 1. The number of aromatic nitrogens is 1. The monoisotopic (exact) mass is 363 g/mol. The molecule has 0 radical (unpaired) electrons. The van der Waals surface area contributed by atoms with E-state index in [0.29, 0.717) is 23.7 Å². The van der Waals surface area contributed by atoms with E-state index in [0.717, 1.165) is 4.47 Å². The van der Waals surface area contributed by atoms with Crippen molar-refractivity contribution in [3.8, 4) is 11.6 Å². The number of hydrogen-bond acceptors (Lipinski definition) is 4. The fourth-order valence-electron chi connectivity index (χ4n) is 1.64. The van der Waals surface area contributed by atoms with Gasteiger partial charge in [0.2, 0.25) is 5.88 Å². The van der Waals surface area contributed by atoms with Gasteiger partial charge in [0.05, 0.1) is 5.56 Å². The minimum atomic E-state index is -0.452. The number of carbonyl (C=O) groups excluding carboxylic acids is 1. The van der Waals surface area contributed by atoms with Gasteiger partial charge in [0, 0.05) is 28.8 Å². The SMILES string of the molecule is CC(C)(N)CNC(=O)c1ccc(Oc2cccc(Br)c2)nc1. The molecule has 0 aliphatic heterocycles. The Kier molecular flexibility index (Phi) is 5.15. The Labute approximate surface area is 138 Å². The molecule has 1 aromatic heterocycles. The summed E-state index contributed by atoms with van der Waals surface area (Å²) in [4.78, 5) is 16.1. The maximum Gasteiger partial charge on any atom is 0.252 e. The van der Waals surface area contributed by atoms with Gasteiger partial charge < -0.3 is 15.8 Å². The van der Waals surface area contributed by atoms with Crippen LogP contribution in [-0.2, 0) is 0 Å². The molecular formula is C16H18BrN3O2. The molecule has 0 unspecified atom stereocenters. The van der Waals surface area contributed by atoms with Crippen molar-refractivity contribution < 1.29 is 9.53 Å². The van der Waals surface area contributed by atoms with Crippen molar-refractivity contribution >= 4 is 21.8 Å². The molecule has 1 aromatic carbocycles. The number of nitrogens with zero attached hydrogens (tertiary/aromatic N) is 1. The van der Waals surface area contributed by atoms with Crippen molar-refractivity contribution in [2.45, 2.75) is 19.4 Å². The lowest BCUT2D eigenvalue weighted by Crippen LogP contribution is -2.45. The lowest BCUT2D eigenvalue weighted by Gasteiger charge is -2.18. The van der Waals surface area contributed by atoms with Crippen LogP contribution >= 0.6 is 15.9 Å². The van der Waals surface area contributed by atoms with Gasteiger partial charge in [-0.15, -0.1) is 0 Å². The third-order valence-electron chi connectivity index (χ3n) is 2.72. The number of nitrogens with one attached hydrogen (secondary N) is 1. The maximum absolute atomic E-state index is 12.0. The highest BCUT2D eigenvalue weighted by atomic mass is 79.9. The zero-order chi connectivity index (χ0) is 16.2. The van der Waals surface area contributed by atoms with E-state index in [1.165, 1.54) is 6.20 Å². The van der Waals surface area contributed by atoms with Gasteiger partial charge in [0.25, 0.3) is 5.91 Å². The zero-order valence-corrected chi connectivity index (χ0v) is 14.1. The smallest absolute Gasteiger partial charge is 0.252 e. The van der Waals surface area contributed by atoms with E-state index in [2.05, 4.69) is 26.2 Å². The summed E-state index contributed by atoms with van der Waals surface area (Å²) in [7, 11) is 0. The first kappa shape index (κ1) is 16.5. The number of amides is 1. The average Bonchev–Trinajstić information content (AvgIpc) is 2.45. The van der Waals surface area contributed by atoms with Gasteiger partial charge in [-0.1, -0.05) is 22.0 Å². The molecule has 0 aliphatic rings. The van der Waals surface area contributed by atoms with Crippen LogP contribution in [0.4, 0.5) is 0 Å². The number of hydrogen-bond donors (Lipinski definition) is 2. The first-order valence-electron chi connectivity index (χ1n) is 6.80. The van der Waals surface area contributed by atoms with Crippen LogP contribution in [0.1, 0.15) is 24.2 Å². The molecule has 0 spiro atoms. The Morgan fingerprint density at radius 1 is 1.36 bits per heavy atom. The molecule has 0 saturated heterocycles. The standard InChI is InChI=1S/C16H18BrN3O2/c1-16(2,18)10-20-15(21)11-6-7-14(19-9-11)22-13-5-3-4-12(17)8-13/h3-9H,10,18H2,1-2H3,(H,20,21). The van der Waals surface area contributed by atoms with Crippen LogP contribution in [0.2, 0.25) is 0 Å². The largest absolute Gasteiger partial charge is 0.439 e. The summed E-state index contributed by atoms with van der Waals surface area (Å²) in [6, 6.07) is 10.8. The van der Waals surface area contributed by atoms with E-state index < -0.39 is 5.54 Å². The van der Waals surface area contributed by atoms with Crippen LogP contribution in [0.3, 0.4) is 0 Å². The van der Waals surface area contributed by atoms with E-state index >= 15 is 0 Å². The molecule has 0 fully saturated rings. The molecule has 116 valence electrons. The fourth-order valence-corrected chi connectivity index (χ4v) is 2.01. The summed E-state index contributed by atoms with van der Waals surface area (Å²) >= 11 is 3.38. The third kappa shape index (κ3) is 5.13. The highest BCUT2D eigenvalue weighted by Crippen LogP contribution is 2.22. The van der Waals surface area contributed by atoms with Crippen LogP contribution in [0.5, 0.6) is 11.6 Å². The van der Waals surface area contributed by atoms with E-state index in [4.69, 9.17) is 10.5 Å². The van der Waals surface area contributed by atoms with Gasteiger partial charge >= 0.3 is 0 Å². The lowest BCUT2D eigenvalue weighted by atomic mass is 10.1. The van der Waals surface area contributed by atoms with Crippen molar-refractivity contribution in [1.29, 1.82) is 0 Å². The first-order valence-corrected chi connectivity index (χ1v) is 7.59. The van der Waals surface area contributed by atoms with Gasteiger partial charge in [-0.25, -0.2) is 4.98 Å². The predicted octanol–water partition coefficient (Wildman–Crippen LogP) is 3.10. The number of rotatable bonds is 5. The van der Waals surface area contributed by atoms with Crippen molar-refractivity contribution in [3.05, 3.63) is 52.6 Å². The zero-order valence-electron chi connectivity index (χ0n) is 12.5. The molecule has 0 aliphatic carbocycles. The van der Waals surface area contributed by atoms with Gasteiger partial charge in [-0.3, -0.25) is 4.79 Å². The summed E-state index contributed by atoms with van der Waals surface area (Å²) in [5.74, 6) is 0.887. The van der Waals surface area contributed by atoms with Gasteiger partial charge in [-0.2, -0.15) is 0 Å². The Hall–Kier alpha value is -1.92. The lowest BCUT2D eigenvalue weighted by molar-refractivity contribution is 0.0945. The van der Waals surface area contributed by atoms with E-state index in [1.807, 2.05) is 38.1 Å². The van der Waals surface area contributed by atoms with Gasteiger partial charge in [0.15, 0.2) is 0 Å². The Balaban J connectivity index is 1.99. The highest BCUT2D eigenvalue weighted by molar-refractivity contribution is 9.10. The second kappa shape index (κ2) is 6.89. The van der Waals surface area contributed by atoms with Crippen LogP contribution < -0.4 is 15.8 Å². The molecular weight excluding hydrogens is 346 g/mol. The van der Waals surface area contributed by atoms with E-state index in [1.54, 1.807) is 12.1 Å².